The van der Waals surface area contributed by atoms with E-state index in [4.69, 9.17) is 16.6 Å². The smallest absolute Gasteiger partial charge is 0.326 e. The normalized spacial score (nSPS) is 14.6. The molecule has 0 fully saturated rings. The third kappa shape index (κ3) is 14.3. The van der Waals surface area contributed by atoms with E-state index in [9.17, 15) is 29.1 Å². The summed E-state index contributed by atoms with van der Waals surface area (Å²) < 4.78 is 0. The van der Waals surface area contributed by atoms with Gasteiger partial charge in [0.15, 0.2) is 0 Å². The van der Waals surface area contributed by atoms with Crippen LogP contribution < -0.4 is 27.4 Å². The molecule has 0 aromatic carbocycles. The fourth-order valence-corrected chi connectivity index (χ4v) is 3.43. The Morgan fingerprint density at radius 3 is 1.71 bits per heavy atom. The topological polar surface area (TPSA) is 214 Å². The molecule has 0 spiro atoms. The second kappa shape index (κ2) is 16.8. The number of unbranched alkanes of at least 4 members (excludes halogenated alkanes) is 1. The molecule has 0 heterocycles. The van der Waals surface area contributed by atoms with Gasteiger partial charge in [-0.2, -0.15) is 0 Å². The van der Waals surface area contributed by atoms with Crippen molar-refractivity contribution in [1.82, 2.24) is 16.0 Å². The van der Waals surface area contributed by atoms with Crippen LogP contribution in [-0.2, 0) is 24.0 Å². The standard InChI is InChI=1S/C23H43N5O7/c1-13(2)11-15(25)20(31)26-16(8-9-19(29)30)21(32)28-18(12-14(3)4)22(33)27-17(23(34)35)7-5-6-10-24/h13-18H,5-12,24-25H2,1-4H3,(H,26,31)(H,27,33)(H,28,32)(H,29,30)(H,34,35)/t15-,16-,17-,18-/m0/s1. The van der Waals surface area contributed by atoms with E-state index < -0.39 is 53.8 Å². The van der Waals surface area contributed by atoms with Crippen LogP contribution in [-0.4, -0.2) is 70.6 Å². The van der Waals surface area contributed by atoms with Gasteiger partial charge in [0.2, 0.25) is 17.7 Å². The van der Waals surface area contributed by atoms with Crippen molar-refractivity contribution < 1.29 is 34.2 Å². The van der Waals surface area contributed by atoms with E-state index >= 15 is 0 Å². The van der Waals surface area contributed by atoms with E-state index in [1.54, 1.807) is 0 Å². The summed E-state index contributed by atoms with van der Waals surface area (Å²) in [5.74, 6) is -4.26. The lowest BCUT2D eigenvalue weighted by molar-refractivity contribution is -0.142. The van der Waals surface area contributed by atoms with Gasteiger partial charge in [-0.05, 0) is 56.9 Å². The van der Waals surface area contributed by atoms with Crippen LogP contribution in [0.5, 0.6) is 0 Å². The summed E-state index contributed by atoms with van der Waals surface area (Å²) in [6.07, 6.45) is 1.29. The average molecular weight is 502 g/mol. The maximum Gasteiger partial charge on any atom is 0.326 e. The van der Waals surface area contributed by atoms with Gasteiger partial charge in [0.05, 0.1) is 6.04 Å². The van der Waals surface area contributed by atoms with Crippen LogP contribution in [0.15, 0.2) is 0 Å². The molecule has 0 aliphatic carbocycles. The third-order valence-corrected chi connectivity index (χ3v) is 5.24. The number of carboxylic acids is 2. The quantitative estimate of drug-likeness (QED) is 0.125. The summed E-state index contributed by atoms with van der Waals surface area (Å²) in [4.78, 5) is 61.0. The van der Waals surface area contributed by atoms with E-state index in [1.165, 1.54) is 0 Å². The van der Waals surface area contributed by atoms with Crippen LogP contribution in [0.25, 0.3) is 0 Å². The first-order valence-corrected chi connectivity index (χ1v) is 12.1. The van der Waals surface area contributed by atoms with Crippen LogP contribution in [0.3, 0.4) is 0 Å². The Morgan fingerprint density at radius 2 is 1.23 bits per heavy atom. The summed E-state index contributed by atoms with van der Waals surface area (Å²) >= 11 is 0. The molecule has 12 nitrogen and oxygen atoms in total. The highest BCUT2D eigenvalue weighted by Gasteiger charge is 2.31. The SMILES string of the molecule is CC(C)C[C@H](NC(=O)[C@H](CCC(=O)O)NC(=O)[C@@H](N)CC(C)C)C(=O)N[C@@H](CCCCN)C(=O)O. The lowest BCUT2D eigenvalue weighted by atomic mass is 10.0. The van der Waals surface area contributed by atoms with Gasteiger partial charge in [0, 0.05) is 6.42 Å². The molecule has 0 aromatic heterocycles. The minimum absolute atomic E-state index is 0.0295. The maximum atomic E-state index is 13.0. The fraction of sp³-hybridized carbons (Fsp3) is 0.783. The van der Waals surface area contributed by atoms with Crippen molar-refractivity contribution in [3.63, 3.8) is 0 Å². The summed E-state index contributed by atoms with van der Waals surface area (Å²) in [6, 6.07) is -4.32. The zero-order valence-corrected chi connectivity index (χ0v) is 21.2. The molecule has 0 radical (unpaired) electrons. The lowest BCUT2D eigenvalue weighted by Gasteiger charge is -2.26. The minimum Gasteiger partial charge on any atom is -0.481 e. The summed E-state index contributed by atoms with van der Waals surface area (Å²) in [6.45, 7) is 7.83. The van der Waals surface area contributed by atoms with Crippen molar-refractivity contribution >= 4 is 29.7 Å². The Morgan fingerprint density at radius 1 is 0.714 bits per heavy atom. The molecule has 3 amide bonds. The summed E-state index contributed by atoms with van der Waals surface area (Å²) in [7, 11) is 0. The highest BCUT2D eigenvalue weighted by atomic mass is 16.4. The maximum absolute atomic E-state index is 13.0. The number of nitrogens with two attached hydrogens (primary N) is 2. The van der Waals surface area contributed by atoms with E-state index in [2.05, 4.69) is 16.0 Å². The van der Waals surface area contributed by atoms with E-state index in [-0.39, 0.29) is 37.5 Å². The number of hydrogen-bond donors (Lipinski definition) is 7. The van der Waals surface area contributed by atoms with Gasteiger partial charge in [-0.3, -0.25) is 19.2 Å². The van der Waals surface area contributed by atoms with Gasteiger partial charge in [0.1, 0.15) is 18.1 Å². The van der Waals surface area contributed by atoms with E-state index in [1.807, 2.05) is 27.7 Å². The molecule has 0 aromatic rings. The first kappa shape index (κ1) is 32.3. The molecule has 0 aliphatic heterocycles. The zero-order valence-electron chi connectivity index (χ0n) is 21.2. The molecule has 4 atom stereocenters. The Labute approximate surface area is 206 Å². The van der Waals surface area contributed by atoms with Gasteiger partial charge in [-0.25, -0.2) is 4.79 Å². The molecule has 35 heavy (non-hydrogen) atoms. The number of carbonyl (C=O) groups excluding carboxylic acids is 3. The summed E-state index contributed by atoms with van der Waals surface area (Å²) in [5.41, 5.74) is 11.3. The lowest BCUT2D eigenvalue weighted by Crippen LogP contribution is -2.57. The van der Waals surface area contributed by atoms with Crippen molar-refractivity contribution in [2.75, 3.05) is 6.54 Å². The van der Waals surface area contributed by atoms with Crippen LogP contribution in [0.1, 0.15) is 72.6 Å². The second-order valence-electron chi connectivity index (χ2n) is 9.60. The van der Waals surface area contributed by atoms with Crippen LogP contribution in [0, 0.1) is 11.8 Å². The van der Waals surface area contributed by atoms with Gasteiger partial charge in [-0.1, -0.05) is 27.7 Å². The number of carbonyl (C=O) groups is 5. The molecule has 0 bridgehead atoms. The van der Waals surface area contributed by atoms with Crippen molar-refractivity contribution in [3.05, 3.63) is 0 Å². The molecule has 9 N–H and O–H groups in total. The molecule has 0 saturated carbocycles. The number of carboxylic acid groups (broad SMARTS) is 2. The molecule has 12 heteroatoms. The summed E-state index contributed by atoms with van der Waals surface area (Å²) in [5, 5.41) is 26.0. The Bertz CT molecular complexity index is 714. The van der Waals surface area contributed by atoms with Crippen molar-refractivity contribution in [1.29, 1.82) is 0 Å². The predicted octanol–water partition coefficient (Wildman–Crippen LogP) is -0.0613. The molecule has 0 rings (SSSR count). The number of hydrogen-bond acceptors (Lipinski definition) is 7. The van der Waals surface area contributed by atoms with Crippen molar-refractivity contribution in [3.8, 4) is 0 Å². The third-order valence-electron chi connectivity index (χ3n) is 5.24. The van der Waals surface area contributed by atoms with E-state index in [0.717, 1.165) is 0 Å². The monoisotopic (exact) mass is 501 g/mol. The molecular weight excluding hydrogens is 458 g/mol. The Kier molecular flexibility index (Phi) is 15.5. The van der Waals surface area contributed by atoms with Gasteiger partial charge in [-0.15, -0.1) is 0 Å². The first-order chi connectivity index (χ1) is 16.3. The number of nitrogens with one attached hydrogen (secondary N) is 3. The van der Waals surface area contributed by atoms with Gasteiger partial charge >= 0.3 is 11.9 Å². The van der Waals surface area contributed by atoms with Gasteiger partial charge < -0.3 is 37.6 Å². The van der Waals surface area contributed by atoms with Crippen LogP contribution in [0.2, 0.25) is 0 Å². The Hall–Kier alpha value is -2.73. The largest absolute Gasteiger partial charge is 0.481 e. The molecule has 0 aliphatic rings. The number of aliphatic carboxylic acids is 2. The van der Waals surface area contributed by atoms with Crippen molar-refractivity contribution in [2.45, 2.75) is 96.8 Å². The number of rotatable bonds is 18. The molecule has 202 valence electrons. The second-order valence-corrected chi connectivity index (χ2v) is 9.60. The molecular formula is C23H43N5O7. The van der Waals surface area contributed by atoms with Crippen LogP contribution in [0.4, 0.5) is 0 Å². The first-order valence-electron chi connectivity index (χ1n) is 12.1. The van der Waals surface area contributed by atoms with E-state index in [0.29, 0.717) is 25.8 Å². The minimum atomic E-state index is -1.22. The highest BCUT2D eigenvalue weighted by Crippen LogP contribution is 2.10. The van der Waals surface area contributed by atoms with Crippen LogP contribution >= 0.6 is 0 Å². The highest BCUT2D eigenvalue weighted by molar-refractivity contribution is 5.94. The molecule has 0 unspecified atom stereocenters. The number of amides is 3. The van der Waals surface area contributed by atoms with Crippen molar-refractivity contribution in [2.24, 2.45) is 23.3 Å². The molecule has 0 saturated heterocycles. The fourth-order valence-electron chi connectivity index (χ4n) is 3.43. The predicted molar refractivity (Wildman–Crippen MR) is 130 cm³/mol. The Balaban J connectivity index is 5.51. The zero-order chi connectivity index (χ0) is 27.1. The average Bonchev–Trinajstić information content (AvgIpc) is 2.73. The van der Waals surface area contributed by atoms with Gasteiger partial charge in [0.25, 0.3) is 0 Å².